The summed E-state index contributed by atoms with van der Waals surface area (Å²) in [7, 11) is 1.60. The lowest BCUT2D eigenvalue weighted by molar-refractivity contribution is 0.292. The van der Waals surface area contributed by atoms with E-state index < -0.39 is 0 Å². The number of rotatable bonds is 5. The standard InChI is InChI=1S/C13H13BrN2O2/c1-17-13-10(3-2-6-15-13)9-18-12-5-4-11(7-14)16-8-12/h2-6,8H,7,9H2,1H3. The highest BCUT2D eigenvalue weighted by Crippen LogP contribution is 2.17. The van der Waals surface area contributed by atoms with Gasteiger partial charge in [-0.15, -0.1) is 0 Å². The molecular formula is C13H13BrN2O2. The number of alkyl halides is 1. The van der Waals surface area contributed by atoms with Gasteiger partial charge in [0.05, 0.1) is 24.6 Å². The van der Waals surface area contributed by atoms with Crippen molar-refractivity contribution in [3.63, 3.8) is 0 Å². The second kappa shape index (κ2) is 6.35. The van der Waals surface area contributed by atoms with Gasteiger partial charge in [0.25, 0.3) is 0 Å². The van der Waals surface area contributed by atoms with Crippen LogP contribution in [0.2, 0.25) is 0 Å². The first-order valence-corrected chi connectivity index (χ1v) is 6.57. The molecule has 0 amide bonds. The number of pyridine rings is 2. The maximum Gasteiger partial charge on any atom is 0.219 e. The summed E-state index contributed by atoms with van der Waals surface area (Å²) in [5.41, 5.74) is 1.88. The smallest absolute Gasteiger partial charge is 0.219 e. The van der Waals surface area contributed by atoms with Gasteiger partial charge < -0.3 is 9.47 Å². The number of hydrogen-bond donors (Lipinski definition) is 0. The molecule has 5 heteroatoms. The summed E-state index contributed by atoms with van der Waals surface area (Å²) in [5, 5.41) is 0.740. The summed E-state index contributed by atoms with van der Waals surface area (Å²) in [5.74, 6) is 1.31. The Balaban J connectivity index is 2.02. The minimum Gasteiger partial charge on any atom is -0.487 e. The molecule has 0 radical (unpaired) electrons. The Morgan fingerprint density at radius 2 is 2.11 bits per heavy atom. The van der Waals surface area contributed by atoms with Crippen LogP contribution in [0.5, 0.6) is 11.6 Å². The van der Waals surface area contributed by atoms with Gasteiger partial charge in [0, 0.05) is 11.5 Å². The number of aromatic nitrogens is 2. The second-order valence-corrected chi connectivity index (χ2v) is 4.14. The largest absolute Gasteiger partial charge is 0.487 e. The molecular weight excluding hydrogens is 296 g/mol. The van der Waals surface area contributed by atoms with Gasteiger partial charge in [0.1, 0.15) is 12.4 Å². The SMILES string of the molecule is COc1ncccc1COc1ccc(CBr)nc1. The zero-order chi connectivity index (χ0) is 12.8. The molecule has 0 bridgehead atoms. The van der Waals surface area contributed by atoms with Gasteiger partial charge in [-0.2, -0.15) is 0 Å². The predicted molar refractivity (Wildman–Crippen MR) is 72.0 cm³/mol. The molecule has 0 N–H and O–H groups in total. The van der Waals surface area contributed by atoms with Crippen molar-refractivity contribution in [3.05, 3.63) is 47.9 Å². The van der Waals surface area contributed by atoms with Crippen LogP contribution in [0, 0.1) is 0 Å². The molecule has 0 spiro atoms. The van der Waals surface area contributed by atoms with Crippen LogP contribution in [0.15, 0.2) is 36.7 Å². The van der Waals surface area contributed by atoms with Crippen molar-refractivity contribution in [2.45, 2.75) is 11.9 Å². The van der Waals surface area contributed by atoms with Gasteiger partial charge in [-0.1, -0.05) is 15.9 Å². The number of nitrogens with zero attached hydrogens (tertiary/aromatic N) is 2. The number of ether oxygens (including phenoxy) is 2. The fourth-order valence-electron chi connectivity index (χ4n) is 1.45. The van der Waals surface area contributed by atoms with E-state index in [2.05, 4.69) is 25.9 Å². The fraction of sp³-hybridized carbons (Fsp3) is 0.231. The maximum absolute atomic E-state index is 5.64. The van der Waals surface area contributed by atoms with E-state index >= 15 is 0 Å². The van der Waals surface area contributed by atoms with Crippen molar-refractivity contribution < 1.29 is 9.47 Å². The molecule has 0 aliphatic carbocycles. The molecule has 0 saturated heterocycles. The van der Waals surface area contributed by atoms with E-state index in [0.717, 1.165) is 22.3 Å². The highest BCUT2D eigenvalue weighted by molar-refractivity contribution is 9.08. The monoisotopic (exact) mass is 308 g/mol. The van der Waals surface area contributed by atoms with Crippen molar-refractivity contribution >= 4 is 15.9 Å². The van der Waals surface area contributed by atoms with E-state index in [1.54, 1.807) is 19.5 Å². The molecule has 0 aliphatic rings. The van der Waals surface area contributed by atoms with Crippen LogP contribution < -0.4 is 9.47 Å². The van der Waals surface area contributed by atoms with E-state index in [0.29, 0.717) is 12.5 Å². The highest BCUT2D eigenvalue weighted by atomic mass is 79.9. The Kier molecular flexibility index (Phi) is 4.52. The van der Waals surface area contributed by atoms with Gasteiger partial charge in [-0.05, 0) is 24.3 Å². The topological polar surface area (TPSA) is 44.2 Å². The molecule has 2 aromatic heterocycles. The van der Waals surface area contributed by atoms with Crippen molar-refractivity contribution in [1.82, 2.24) is 9.97 Å². The average Bonchev–Trinajstić information content (AvgIpc) is 2.46. The summed E-state index contributed by atoms with van der Waals surface area (Å²) in [6.07, 6.45) is 3.40. The molecule has 94 valence electrons. The average molecular weight is 309 g/mol. The minimum atomic E-state index is 0.409. The summed E-state index contributed by atoms with van der Waals surface area (Å²) in [4.78, 5) is 8.35. The molecule has 0 aliphatic heterocycles. The maximum atomic E-state index is 5.64. The van der Waals surface area contributed by atoms with E-state index in [1.165, 1.54) is 0 Å². The normalized spacial score (nSPS) is 10.1. The summed E-state index contributed by atoms with van der Waals surface area (Å²) >= 11 is 3.35. The molecule has 0 unspecified atom stereocenters. The predicted octanol–water partition coefficient (Wildman–Crippen LogP) is 2.96. The summed E-state index contributed by atoms with van der Waals surface area (Å²) in [6.45, 7) is 0.409. The first-order chi connectivity index (χ1) is 8.83. The van der Waals surface area contributed by atoms with Gasteiger partial charge >= 0.3 is 0 Å². The fourth-order valence-corrected chi connectivity index (χ4v) is 1.79. The van der Waals surface area contributed by atoms with Crippen LogP contribution in [-0.2, 0) is 11.9 Å². The Labute approximate surface area is 114 Å². The van der Waals surface area contributed by atoms with E-state index in [9.17, 15) is 0 Å². The molecule has 0 atom stereocenters. The first-order valence-electron chi connectivity index (χ1n) is 5.45. The van der Waals surface area contributed by atoms with Gasteiger partial charge in [-0.3, -0.25) is 4.98 Å². The Morgan fingerprint density at radius 3 is 2.78 bits per heavy atom. The zero-order valence-corrected chi connectivity index (χ0v) is 11.6. The van der Waals surface area contributed by atoms with Gasteiger partial charge in [0.2, 0.25) is 5.88 Å². The summed E-state index contributed by atoms with van der Waals surface area (Å²) in [6, 6.07) is 7.59. The highest BCUT2D eigenvalue weighted by Gasteiger charge is 2.04. The first kappa shape index (κ1) is 12.8. The van der Waals surface area contributed by atoms with E-state index in [-0.39, 0.29) is 0 Å². The van der Waals surface area contributed by atoms with Crippen LogP contribution in [0.25, 0.3) is 0 Å². The Morgan fingerprint density at radius 1 is 1.22 bits per heavy atom. The molecule has 2 aromatic rings. The number of methoxy groups -OCH3 is 1. The summed E-state index contributed by atoms with van der Waals surface area (Å²) < 4.78 is 10.8. The third kappa shape index (κ3) is 3.20. The molecule has 0 fully saturated rings. The number of halogens is 1. The van der Waals surface area contributed by atoms with Crippen LogP contribution >= 0.6 is 15.9 Å². The van der Waals surface area contributed by atoms with Crippen LogP contribution in [0.4, 0.5) is 0 Å². The minimum absolute atomic E-state index is 0.409. The lowest BCUT2D eigenvalue weighted by atomic mass is 10.3. The zero-order valence-electron chi connectivity index (χ0n) is 9.97. The lowest BCUT2D eigenvalue weighted by Gasteiger charge is -2.08. The quantitative estimate of drug-likeness (QED) is 0.797. The van der Waals surface area contributed by atoms with Crippen molar-refractivity contribution in [2.24, 2.45) is 0 Å². The molecule has 4 nitrogen and oxygen atoms in total. The molecule has 18 heavy (non-hydrogen) atoms. The van der Waals surface area contributed by atoms with Crippen molar-refractivity contribution in [3.8, 4) is 11.6 Å². The lowest BCUT2D eigenvalue weighted by Crippen LogP contribution is -2.00. The second-order valence-electron chi connectivity index (χ2n) is 3.58. The number of hydrogen-bond acceptors (Lipinski definition) is 4. The molecule has 0 saturated carbocycles. The van der Waals surface area contributed by atoms with Crippen LogP contribution in [0.1, 0.15) is 11.3 Å². The van der Waals surface area contributed by atoms with Crippen LogP contribution in [0.3, 0.4) is 0 Å². The van der Waals surface area contributed by atoms with E-state index in [4.69, 9.17) is 9.47 Å². The van der Waals surface area contributed by atoms with Crippen molar-refractivity contribution in [1.29, 1.82) is 0 Å². The molecule has 0 aromatic carbocycles. The van der Waals surface area contributed by atoms with E-state index in [1.807, 2.05) is 24.3 Å². The van der Waals surface area contributed by atoms with Crippen molar-refractivity contribution in [2.75, 3.05) is 7.11 Å². The third-order valence-corrected chi connectivity index (χ3v) is 2.95. The van der Waals surface area contributed by atoms with Gasteiger partial charge in [0.15, 0.2) is 0 Å². The molecule has 2 rings (SSSR count). The third-order valence-electron chi connectivity index (χ3n) is 2.37. The Bertz CT molecular complexity index is 503. The molecule has 2 heterocycles. The Hall–Kier alpha value is -1.62. The van der Waals surface area contributed by atoms with Crippen LogP contribution in [-0.4, -0.2) is 17.1 Å². The van der Waals surface area contributed by atoms with Gasteiger partial charge in [-0.25, -0.2) is 4.98 Å².